The average Bonchev–Trinajstić information content (AvgIpc) is 2.88. The minimum atomic E-state index is -0.664. The molecule has 0 saturated carbocycles. The topological polar surface area (TPSA) is 26.7 Å². The van der Waals surface area contributed by atoms with E-state index in [2.05, 4.69) is 16.7 Å². The normalized spacial score (nSPS) is 20.8. The fourth-order valence-electron chi connectivity index (χ4n) is 3.28. The Morgan fingerprint density at radius 2 is 2.19 bits per heavy atom. The summed E-state index contributed by atoms with van der Waals surface area (Å²) >= 11 is 0. The molecule has 3 nitrogen and oxygen atoms in total. The van der Waals surface area contributed by atoms with E-state index in [-0.39, 0.29) is 5.82 Å². The Morgan fingerprint density at radius 1 is 1.48 bits per heavy atom. The molecule has 1 aromatic rings. The van der Waals surface area contributed by atoms with Crippen molar-refractivity contribution < 1.29 is 9.50 Å². The van der Waals surface area contributed by atoms with Gasteiger partial charge in [0, 0.05) is 30.9 Å². The van der Waals surface area contributed by atoms with E-state index < -0.39 is 6.10 Å². The molecule has 118 valence electrons. The molecule has 2 unspecified atom stereocenters. The smallest absolute Gasteiger partial charge is 0.126 e. The third kappa shape index (κ3) is 3.55. The van der Waals surface area contributed by atoms with Gasteiger partial charge >= 0.3 is 0 Å². The van der Waals surface area contributed by atoms with Crippen LogP contribution in [-0.4, -0.2) is 42.7 Å². The number of likely N-dealkylation sites (N-methyl/N-ethyl adjacent to an activating group) is 2. The monoisotopic (exact) mass is 294 g/mol. The quantitative estimate of drug-likeness (QED) is 0.904. The molecule has 4 heteroatoms. The predicted molar refractivity (Wildman–Crippen MR) is 85.3 cm³/mol. The lowest BCUT2D eigenvalue weighted by Gasteiger charge is -2.31. The average molecular weight is 294 g/mol. The molecule has 0 spiro atoms. The standard InChI is InChI=1S/C17H27FN2O/c1-5-20-8-6-7-14(20)11-19(4)17-9-12(2)16(18)10-15(17)13(3)21/h9-10,13-14,21H,5-8,11H2,1-4H3. The van der Waals surface area contributed by atoms with E-state index in [9.17, 15) is 9.50 Å². The largest absolute Gasteiger partial charge is 0.389 e. The Hall–Kier alpha value is -1.13. The van der Waals surface area contributed by atoms with Gasteiger partial charge < -0.3 is 10.0 Å². The molecule has 1 aliphatic heterocycles. The molecule has 0 aliphatic carbocycles. The zero-order valence-corrected chi connectivity index (χ0v) is 13.6. The van der Waals surface area contributed by atoms with Gasteiger partial charge in [0.2, 0.25) is 0 Å². The predicted octanol–water partition coefficient (Wildman–Crippen LogP) is 3.11. The van der Waals surface area contributed by atoms with E-state index in [1.807, 2.05) is 13.1 Å². The number of likely N-dealkylation sites (tertiary alicyclic amines) is 1. The lowest BCUT2D eigenvalue weighted by Crippen LogP contribution is -2.39. The van der Waals surface area contributed by atoms with Crippen molar-refractivity contribution in [1.82, 2.24) is 4.90 Å². The van der Waals surface area contributed by atoms with E-state index in [4.69, 9.17) is 0 Å². The molecule has 1 aliphatic rings. The summed E-state index contributed by atoms with van der Waals surface area (Å²) < 4.78 is 13.8. The van der Waals surface area contributed by atoms with Crippen molar-refractivity contribution in [2.45, 2.75) is 45.8 Å². The number of halogens is 1. The molecule has 0 radical (unpaired) electrons. The van der Waals surface area contributed by atoms with Crippen molar-refractivity contribution in [3.63, 3.8) is 0 Å². The lowest BCUT2D eigenvalue weighted by molar-refractivity contribution is 0.199. The number of nitrogens with zero attached hydrogens (tertiary/aromatic N) is 2. The van der Waals surface area contributed by atoms with Crippen LogP contribution in [0.25, 0.3) is 0 Å². The van der Waals surface area contributed by atoms with Gasteiger partial charge in [-0.2, -0.15) is 0 Å². The van der Waals surface area contributed by atoms with Gasteiger partial charge in [-0.3, -0.25) is 4.90 Å². The van der Waals surface area contributed by atoms with E-state index in [0.717, 1.165) is 18.8 Å². The van der Waals surface area contributed by atoms with Gasteiger partial charge in [-0.1, -0.05) is 6.92 Å². The zero-order chi connectivity index (χ0) is 15.6. The molecule has 2 atom stereocenters. The number of aliphatic hydroxyl groups is 1. The highest BCUT2D eigenvalue weighted by atomic mass is 19.1. The fraction of sp³-hybridized carbons (Fsp3) is 0.647. The maximum Gasteiger partial charge on any atom is 0.126 e. The zero-order valence-electron chi connectivity index (χ0n) is 13.6. The minimum Gasteiger partial charge on any atom is -0.389 e. The SMILES string of the molecule is CCN1CCCC1CN(C)c1cc(C)c(F)cc1C(C)O. The third-order valence-electron chi connectivity index (χ3n) is 4.56. The minimum absolute atomic E-state index is 0.251. The van der Waals surface area contributed by atoms with E-state index in [1.165, 1.54) is 25.5 Å². The number of anilines is 1. The second-order valence-electron chi connectivity index (χ2n) is 6.14. The van der Waals surface area contributed by atoms with Crippen LogP contribution in [-0.2, 0) is 0 Å². The summed E-state index contributed by atoms with van der Waals surface area (Å²) in [5.41, 5.74) is 2.23. The van der Waals surface area contributed by atoms with Crippen LogP contribution < -0.4 is 4.90 Å². The Bertz CT molecular complexity index is 490. The first kappa shape index (κ1) is 16.2. The number of aryl methyl sites for hydroxylation is 1. The molecule has 1 fully saturated rings. The summed E-state index contributed by atoms with van der Waals surface area (Å²) in [5.74, 6) is -0.251. The number of hydrogen-bond acceptors (Lipinski definition) is 3. The van der Waals surface area contributed by atoms with Crippen LogP contribution >= 0.6 is 0 Å². The first-order chi connectivity index (χ1) is 9.93. The molecule has 2 rings (SSSR count). The molecule has 0 amide bonds. The second-order valence-corrected chi connectivity index (χ2v) is 6.14. The summed E-state index contributed by atoms with van der Waals surface area (Å²) in [6.07, 6.45) is 1.80. The van der Waals surface area contributed by atoms with Crippen LogP contribution in [0.3, 0.4) is 0 Å². The molecule has 1 N–H and O–H groups in total. The number of hydrogen-bond donors (Lipinski definition) is 1. The van der Waals surface area contributed by atoms with Crippen LogP contribution in [0, 0.1) is 12.7 Å². The highest BCUT2D eigenvalue weighted by Crippen LogP contribution is 2.30. The third-order valence-corrected chi connectivity index (χ3v) is 4.56. The molecule has 1 saturated heterocycles. The van der Waals surface area contributed by atoms with E-state index >= 15 is 0 Å². The maximum atomic E-state index is 13.8. The van der Waals surface area contributed by atoms with Gasteiger partial charge in [0.15, 0.2) is 0 Å². The van der Waals surface area contributed by atoms with Gasteiger partial charge in [-0.15, -0.1) is 0 Å². The van der Waals surface area contributed by atoms with Crippen LogP contribution in [0.15, 0.2) is 12.1 Å². The van der Waals surface area contributed by atoms with Gasteiger partial charge in [0.25, 0.3) is 0 Å². The molecule has 1 heterocycles. The molecule has 0 aromatic heterocycles. The van der Waals surface area contributed by atoms with Crippen LogP contribution in [0.4, 0.5) is 10.1 Å². The summed E-state index contributed by atoms with van der Waals surface area (Å²) in [5, 5.41) is 9.92. The number of rotatable bonds is 5. The summed E-state index contributed by atoms with van der Waals surface area (Å²) in [4.78, 5) is 4.65. The van der Waals surface area contributed by atoms with Crippen molar-refractivity contribution in [1.29, 1.82) is 0 Å². The van der Waals surface area contributed by atoms with Crippen molar-refractivity contribution >= 4 is 5.69 Å². The molecular formula is C17H27FN2O. The van der Waals surface area contributed by atoms with Crippen LogP contribution in [0.2, 0.25) is 0 Å². The fourth-order valence-corrected chi connectivity index (χ4v) is 3.28. The van der Waals surface area contributed by atoms with Crippen molar-refractivity contribution in [3.8, 4) is 0 Å². The summed E-state index contributed by atoms with van der Waals surface area (Å²) in [6.45, 7) is 8.81. The van der Waals surface area contributed by atoms with Gasteiger partial charge in [-0.05, 0) is 57.5 Å². The van der Waals surface area contributed by atoms with Crippen molar-refractivity contribution in [2.24, 2.45) is 0 Å². The van der Waals surface area contributed by atoms with Gasteiger partial charge in [-0.25, -0.2) is 4.39 Å². The Kier molecular flexibility index (Phi) is 5.22. The maximum absolute atomic E-state index is 13.8. The first-order valence-electron chi connectivity index (χ1n) is 7.87. The van der Waals surface area contributed by atoms with E-state index in [1.54, 1.807) is 13.8 Å². The molecule has 0 bridgehead atoms. The second kappa shape index (κ2) is 6.75. The Balaban J connectivity index is 2.22. The van der Waals surface area contributed by atoms with Crippen molar-refractivity contribution in [3.05, 3.63) is 29.1 Å². The van der Waals surface area contributed by atoms with Crippen LogP contribution in [0.5, 0.6) is 0 Å². The summed E-state index contributed by atoms with van der Waals surface area (Å²) in [6, 6.07) is 3.87. The highest BCUT2D eigenvalue weighted by Gasteiger charge is 2.25. The lowest BCUT2D eigenvalue weighted by atomic mass is 10.0. The van der Waals surface area contributed by atoms with Gasteiger partial charge in [0.05, 0.1) is 6.10 Å². The van der Waals surface area contributed by atoms with Gasteiger partial charge in [0.1, 0.15) is 5.82 Å². The van der Waals surface area contributed by atoms with E-state index in [0.29, 0.717) is 17.2 Å². The Labute approximate surface area is 127 Å². The summed E-state index contributed by atoms with van der Waals surface area (Å²) in [7, 11) is 2.03. The van der Waals surface area contributed by atoms with Crippen molar-refractivity contribution in [2.75, 3.05) is 31.6 Å². The number of benzene rings is 1. The first-order valence-corrected chi connectivity index (χ1v) is 7.87. The molecular weight excluding hydrogens is 267 g/mol. The molecule has 1 aromatic carbocycles. The molecule has 21 heavy (non-hydrogen) atoms. The number of aliphatic hydroxyl groups excluding tert-OH is 1. The highest BCUT2D eigenvalue weighted by molar-refractivity contribution is 5.56. The Morgan fingerprint density at radius 3 is 2.81 bits per heavy atom. The van der Waals surface area contributed by atoms with Crippen LogP contribution in [0.1, 0.15) is 43.9 Å².